The summed E-state index contributed by atoms with van der Waals surface area (Å²) in [4.78, 5) is 35.3. The lowest BCUT2D eigenvalue weighted by Gasteiger charge is -2.27. The highest BCUT2D eigenvalue weighted by atomic mass is 16.5. The Kier molecular flexibility index (Phi) is 4.09. The molecule has 1 amide bonds. The maximum atomic E-state index is 13.0. The van der Waals surface area contributed by atoms with E-state index in [-0.39, 0.29) is 25.0 Å². The summed E-state index contributed by atoms with van der Waals surface area (Å²) in [6.45, 7) is 4.30. The standard InChI is InChI=1S/C20H21N3O4/c1-12-7-16(22-13(2)21-12)18(24)23-9-15-10-27-17-6-4-3-5-14(17)8-20(15,11-23)19(25)26/h3-7,15H,8-11H2,1-2H3,(H,25,26)/t15-,20+/m0/s1. The van der Waals surface area contributed by atoms with Gasteiger partial charge in [-0.1, -0.05) is 18.2 Å². The number of amides is 1. The van der Waals surface area contributed by atoms with Gasteiger partial charge in [0.2, 0.25) is 0 Å². The second-order valence-corrected chi connectivity index (χ2v) is 7.38. The third kappa shape index (κ3) is 2.93. The normalized spacial score (nSPS) is 23.8. The van der Waals surface area contributed by atoms with Gasteiger partial charge >= 0.3 is 5.97 Å². The number of nitrogens with zero attached hydrogens (tertiary/aromatic N) is 3. The number of fused-ring (bicyclic) bond motifs is 2. The van der Waals surface area contributed by atoms with Gasteiger partial charge in [0.15, 0.2) is 0 Å². The zero-order valence-corrected chi connectivity index (χ0v) is 15.3. The molecule has 7 heteroatoms. The lowest BCUT2D eigenvalue weighted by atomic mass is 9.74. The molecule has 140 valence electrons. The van der Waals surface area contributed by atoms with E-state index in [0.717, 1.165) is 11.3 Å². The zero-order chi connectivity index (χ0) is 19.2. The molecule has 7 nitrogen and oxygen atoms in total. The minimum Gasteiger partial charge on any atom is -0.493 e. The molecule has 2 aliphatic heterocycles. The average molecular weight is 367 g/mol. The summed E-state index contributed by atoms with van der Waals surface area (Å²) in [6.07, 6.45) is 0.342. The lowest BCUT2D eigenvalue weighted by molar-refractivity contribution is -0.150. The SMILES string of the molecule is Cc1cc(C(=O)N2C[C@H]3COc4ccccc4C[C@@]3(C(=O)O)C2)nc(C)n1. The second-order valence-electron chi connectivity index (χ2n) is 7.38. The summed E-state index contributed by atoms with van der Waals surface area (Å²) in [5.74, 6) is -0.177. The molecule has 0 aliphatic carbocycles. The molecule has 2 aromatic rings. The third-order valence-corrected chi connectivity index (χ3v) is 5.51. The molecule has 0 unspecified atom stereocenters. The zero-order valence-electron chi connectivity index (χ0n) is 15.3. The van der Waals surface area contributed by atoms with Crippen LogP contribution < -0.4 is 4.74 Å². The van der Waals surface area contributed by atoms with Gasteiger partial charge in [-0.3, -0.25) is 9.59 Å². The average Bonchev–Trinajstić information content (AvgIpc) is 2.91. The van der Waals surface area contributed by atoms with Crippen LogP contribution >= 0.6 is 0 Å². The number of aromatic nitrogens is 2. The van der Waals surface area contributed by atoms with Crippen LogP contribution in [-0.4, -0.2) is 51.5 Å². The molecule has 1 saturated heterocycles. The topological polar surface area (TPSA) is 92.6 Å². The summed E-state index contributed by atoms with van der Waals surface area (Å²) in [5.41, 5.74) is 0.826. The van der Waals surface area contributed by atoms with Crippen molar-refractivity contribution in [2.24, 2.45) is 11.3 Å². The maximum Gasteiger partial charge on any atom is 0.312 e. The number of para-hydroxylation sites is 1. The Labute approximate surface area is 157 Å². The van der Waals surface area contributed by atoms with E-state index >= 15 is 0 Å². The molecule has 1 fully saturated rings. The smallest absolute Gasteiger partial charge is 0.312 e. The monoisotopic (exact) mass is 367 g/mol. The first-order chi connectivity index (χ1) is 12.9. The molecule has 0 radical (unpaired) electrons. The quantitative estimate of drug-likeness (QED) is 0.871. The molecule has 1 aromatic carbocycles. The Bertz CT molecular complexity index is 909. The molecule has 4 rings (SSSR count). The van der Waals surface area contributed by atoms with Gasteiger partial charge in [-0.05, 0) is 38.0 Å². The number of benzene rings is 1. The van der Waals surface area contributed by atoms with Crippen LogP contribution in [0.1, 0.15) is 27.6 Å². The molecule has 2 atom stereocenters. The lowest BCUT2D eigenvalue weighted by Crippen LogP contribution is -2.42. The number of rotatable bonds is 2. The van der Waals surface area contributed by atoms with E-state index in [0.29, 0.717) is 30.2 Å². The van der Waals surface area contributed by atoms with Crippen LogP contribution in [0.25, 0.3) is 0 Å². The van der Waals surface area contributed by atoms with Crippen LogP contribution in [0.2, 0.25) is 0 Å². The van der Waals surface area contributed by atoms with Crippen LogP contribution in [0.5, 0.6) is 5.75 Å². The van der Waals surface area contributed by atoms with E-state index in [1.807, 2.05) is 31.2 Å². The predicted molar refractivity (Wildman–Crippen MR) is 96.6 cm³/mol. The van der Waals surface area contributed by atoms with Gasteiger partial charge in [-0.25, -0.2) is 9.97 Å². The van der Waals surface area contributed by atoms with Crippen molar-refractivity contribution in [3.8, 4) is 5.75 Å². The fourth-order valence-corrected chi connectivity index (χ4v) is 4.17. The summed E-state index contributed by atoms with van der Waals surface area (Å²) < 4.78 is 5.88. The van der Waals surface area contributed by atoms with Crippen molar-refractivity contribution in [3.05, 3.63) is 53.1 Å². The molecule has 0 bridgehead atoms. The van der Waals surface area contributed by atoms with E-state index in [1.165, 1.54) is 0 Å². The third-order valence-electron chi connectivity index (χ3n) is 5.51. The number of carbonyl (C=O) groups is 2. The molecule has 0 saturated carbocycles. The number of ether oxygens (including phenoxy) is 1. The molecule has 3 heterocycles. The van der Waals surface area contributed by atoms with E-state index in [2.05, 4.69) is 9.97 Å². The van der Waals surface area contributed by atoms with Crippen LogP contribution in [-0.2, 0) is 11.2 Å². The first-order valence-corrected chi connectivity index (χ1v) is 8.95. The molecule has 1 N–H and O–H groups in total. The molecular weight excluding hydrogens is 346 g/mol. The number of carboxylic acid groups (broad SMARTS) is 1. The minimum atomic E-state index is -1.06. The number of carbonyl (C=O) groups excluding carboxylic acids is 1. The van der Waals surface area contributed by atoms with Gasteiger partial charge < -0.3 is 14.7 Å². The molecule has 2 aliphatic rings. The summed E-state index contributed by atoms with van der Waals surface area (Å²) in [6, 6.07) is 9.15. The van der Waals surface area contributed by atoms with Crippen molar-refractivity contribution in [3.63, 3.8) is 0 Å². The highest BCUT2D eigenvalue weighted by molar-refractivity contribution is 5.93. The van der Waals surface area contributed by atoms with E-state index < -0.39 is 11.4 Å². The Hall–Kier alpha value is -2.96. The van der Waals surface area contributed by atoms with Crippen molar-refractivity contribution in [2.75, 3.05) is 19.7 Å². The minimum absolute atomic E-state index is 0.144. The molecular formula is C20H21N3O4. The Morgan fingerprint density at radius 1 is 1.26 bits per heavy atom. The first kappa shape index (κ1) is 17.5. The van der Waals surface area contributed by atoms with Crippen molar-refractivity contribution in [1.82, 2.24) is 14.9 Å². The van der Waals surface area contributed by atoms with Gasteiger partial charge in [-0.15, -0.1) is 0 Å². The van der Waals surface area contributed by atoms with Crippen molar-refractivity contribution in [1.29, 1.82) is 0 Å². The Morgan fingerprint density at radius 2 is 2.04 bits per heavy atom. The molecule has 27 heavy (non-hydrogen) atoms. The van der Waals surface area contributed by atoms with E-state index in [1.54, 1.807) is 17.9 Å². The highest BCUT2D eigenvalue weighted by Crippen LogP contribution is 2.44. The van der Waals surface area contributed by atoms with Gasteiger partial charge in [0.1, 0.15) is 17.3 Å². The number of hydrogen-bond donors (Lipinski definition) is 1. The summed E-state index contributed by atoms with van der Waals surface area (Å²) in [7, 11) is 0. The number of aryl methyl sites for hydroxylation is 2. The van der Waals surface area contributed by atoms with Gasteiger partial charge in [-0.2, -0.15) is 0 Å². The van der Waals surface area contributed by atoms with E-state index in [4.69, 9.17) is 4.74 Å². The van der Waals surface area contributed by atoms with Crippen molar-refractivity contribution in [2.45, 2.75) is 20.3 Å². The van der Waals surface area contributed by atoms with Gasteiger partial charge in [0.05, 0.1) is 12.0 Å². The molecule has 1 aromatic heterocycles. The largest absolute Gasteiger partial charge is 0.493 e. The van der Waals surface area contributed by atoms with Crippen molar-refractivity contribution < 1.29 is 19.4 Å². The summed E-state index contributed by atoms with van der Waals surface area (Å²) in [5, 5.41) is 10.1. The van der Waals surface area contributed by atoms with Crippen LogP contribution in [0.3, 0.4) is 0 Å². The van der Waals surface area contributed by atoms with Crippen LogP contribution in [0, 0.1) is 25.2 Å². The fraction of sp³-hybridized carbons (Fsp3) is 0.400. The summed E-state index contributed by atoms with van der Waals surface area (Å²) >= 11 is 0. The van der Waals surface area contributed by atoms with E-state index in [9.17, 15) is 14.7 Å². The number of likely N-dealkylation sites (tertiary alicyclic amines) is 1. The van der Waals surface area contributed by atoms with Crippen molar-refractivity contribution >= 4 is 11.9 Å². The molecule has 0 spiro atoms. The van der Waals surface area contributed by atoms with Crippen LogP contribution in [0.15, 0.2) is 30.3 Å². The van der Waals surface area contributed by atoms with Gasteiger partial charge in [0, 0.05) is 24.7 Å². The first-order valence-electron chi connectivity index (χ1n) is 8.95. The predicted octanol–water partition coefficient (Wildman–Crippen LogP) is 1.87. The highest BCUT2D eigenvalue weighted by Gasteiger charge is 2.55. The van der Waals surface area contributed by atoms with Gasteiger partial charge in [0.25, 0.3) is 5.91 Å². The fourth-order valence-electron chi connectivity index (χ4n) is 4.17. The number of carboxylic acids is 1. The second kappa shape index (κ2) is 6.33. The maximum absolute atomic E-state index is 13.0. The Balaban J connectivity index is 1.67. The number of aliphatic carboxylic acids is 1. The number of hydrogen-bond acceptors (Lipinski definition) is 5. The Morgan fingerprint density at radius 3 is 2.78 bits per heavy atom. The van der Waals surface area contributed by atoms with Crippen LogP contribution in [0.4, 0.5) is 0 Å².